The van der Waals surface area contributed by atoms with Crippen molar-refractivity contribution < 1.29 is 32.3 Å². The van der Waals surface area contributed by atoms with Crippen LogP contribution in [0.15, 0.2) is 48.5 Å². The van der Waals surface area contributed by atoms with Crippen LogP contribution in [-0.2, 0) is 25.3 Å². The molecule has 0 unspecified atom stereocenters. The summed E-state index contributed by atoms with van der Waals surface area (Å²) in [5.74, 6) is -2.55. The summed E-state index contributed by atoms with van der Waals surface area (Å²) in [6.07, 6.45) is -4.62. The van der Waals surface area contributed by atoms with Crippen molar-refractivity contribution in [1.82, 2.24) is 0 Å². The molecule has 1 aliphatic rings. The van der Waals surface area contributed by atoms with Crippen LogP contribution in [-0.4, -0.2) is 30.9 Å². The van der Waals surface area contributed by atoms with Crippen molar-refractivity contribution in [3.63, 3.8) is 0 Å². The van der Waals surface area contributed by atoms with Crippen molar-refractivity contribution in [1.29, 1.82) is 0 Å². The molecule has 1 atom stereocenters. The molecule has 158 valence electrons. The van der Waals surface area contributed by atoms with Gasteiger partial charge in [0.2, 0.25) is 5.91 Å². The number of esters is 1. The van der Waals surface area contributed by atoms with Crippen molar-refractivity contribution in [2.45, 2.75) is 12.6 Å². The third-order valence-corrected chi connectivity index (χ3v) is 4.67. The van der Waals surface area contributed by atoms with Crippen LogP contribution in [0.3, 0.4) is 0 Å². The second kappa shape index (κ2) is 8.74. The average Bonchev–Trinajstić information content (AvgIpc) is 3.08. The molecule has 2 aromatic rings. The molecule has 0 aliphatic carbocycles. The minimum absolute atomic E-state index is 0.0727. The minimum Gasteiger partial charge on any atom is -0.455 e. The topological polar surface area (TPSA) is 75.7 Å². The van der Waals surface area contributed by atoms with E-state index in [1.165, 1.54) is 11.0 Å². The summed E-state index contributed by atoms with van der Waals surface area (Å²) >= 11 is 5.82. The van der Waals surface area contributed by atoms with Crippen LogP contribution < -0.4 is 10.2 Å². The SMILES string of the molecule is O=C(COC(=O)[C@@H]1CC(=O)N(c2ccc(Cl)cc2)C1)Nc1cccc(C(F)(F)F)c1. The quantitative estimate of drug-likeness (QED) is 0.716. The Hall–Kier alpha value is -3.07. The molecule has 2 amide bonds. The van der Waals surface area contributed by atoms with Gasteiger partial charge in [0, 0.05) is 29.4 Å². The number of carbonyl (C=O) groups is 3. The van der Waals surface area contributed by atoms with Gasteiger partial charge in [-0.3, -0.25) is 14.4 Å². The van der Waals surface area contributed by atoms with E-state index in [0.717, 1.165) is 18.2 Å². The smallest absolute Gasteiger partial charge is 0.416 e. The fourth-order valence-electron chi connectivity index (χ4n) is 2.96. The van der Waals surface area contributed by atoms with Gasteiger partial charge in [0.1, 0.15) is 0 Å². The zero-order chi connectivity index (χ0) is 21.9. The largest absolute Gasteiger partial charge is 0.455 e. The number of rotatable bonds is 5. The lowest BCUT2D eigenvalue weighted by molar-refractivity contribution is -0.151. The summed E-state index contributed by atoms with van der Waals surface area (Å²) in [5.41, 5.74) is -0.401. The van der Waals surface area contributed by atoms with Crippen molar-refractivity contribution in [2.75, 3.05) is 23.4 Å². The van der Waals surface area contributed by atoms with Crippen molar-refractivity contribution in [3.8, 4) is 0 Å². The van der Waals surface area contributed by atoms with Crippen LogP contribution in [0.5, 0.6) is 0 Å². The van der Waals surface area contributed by atoms with E-state index in [0.29, 0.717) is 10.7 Å². The van der Waals surface area contributed by atoms with Crippen molar-refractivity contribution >= 4 is 40.8 Å². The molecular weight excluding hydrogens is 425 g/mol. The second-order valence-corrected chi connectivity index (χ2v) is 7.05. The lowest BCUT2D eigenvalue weighted by atomic mass is 10.1. The number of hydrogen-bond acceptors (Lipinski definition) is 4. The number of ether oxygens (including phenoxy) is 1. The summed E-state index contributed by atoms with van der Waals surface area (Å²) in [6.45, 7) is -0.588. The van der Waals surface area contributed by atoms with E-state index in [4.69, 9.17) is 16.3 Å². The number of nitrogens with zero attached hydrogens (tertiary/aromatic N) is 1. The fraction of sp³-hybridized carbons (Fsp3) is 0.250. The van der Waals surface area contributed by atoms with E-state index in [-0.39, 0.29) is 24.6 Å². The van der Waals surface area contributed by atoms with Gasteiger partial charge in [-0.05, 0) is 42.5 Å². The lowest BCUT2D eigenvalue weighted by Crippen LogP contribution is -2.28. The van der Waals surface area contributed by atoms with Crippen LogP contribution in [0, 0.1) is 5.92 Å². The third kappa shape index (κ3) is 5.29. The Morgan fingerprint density at radius 2 is 1.87 bits per heavy atom. The van der Waals surface area contributed by atoms with Crippen LogP contribution in [0.25, 0.3) is 0 Å². The zero-order valence-corrected chi connectivity index (χ0v) is 16.2. The molecule has 30 heavy (non-hydrogen) atoms. The van der Waals surface area contributed by atoms with Crippen molar-refractivity contribution in [3.05, 3.63) is 59.1 Å². The van der Waals surface area contributed by atoms with Gasteiger partial charge in [-0.2, -0.15) is 13.2 Å². The summed E-state index contributed by atoms with van der Waals surface area (Å²) in [6, 6.07) is 10.6. The highest BCUT2D eigenvalue weighted by molar-refractivity contribution is 6.30. The average molecular weight is 441 g/mol. The number of hydrogen-bond donors (Lipinski definition) is 1. The third-order valence-electron chi connectivity index (χ3n) is 4.42. The summed E-state index contributed by atoms with van der Waals surface area (Å²) in [5, 5.41) is 2.75. The van der Waals surface area contributed by atoms with Gasteiger partial charge in [-0.15, -0.1) is 0 Å². The van der Waals surface area contributed by atoms with Crippen LogP contribution in [0.1, 0.15) is 12.0 Å². The van der Waals surface area contributed by atoms with Crippen LogP contribution in [0.2, 0.25) is 5.02 Å². The summed E-state index contributed by atoms with van der Waals surface area (Å²) in [4.78, 5) is 37.7. The zero-order valence-electron chi connectivity index (χ0n) is 15.4. The molecule has 1 fully saturated rings. The Kier molecular flexibility index (Phi) is 6.31. The standard InChI is InChI=1S/C20H16ClF3N2O4/c21-14-4-6-16(7-5-14)26-10-12(8-18(26)28)19(29)30-11-17(27)25-15-3-1-2-13(9-15)20(22,23)24/h1-7,9,12H,8,10-11H2,(H,25,27)/t12-/m1/s1. The van der Waals surface area contributed by atoms with Crippen LogP contribution in [0.4, 0.5) is 24.5 Å². The van der Waals surface area contributed by atoms with Crippen molar-refractivity contribution in [2.24, 2.45) is 5.92 Å². The molecule has 0 radical (unpaired) electrons. The van der Waals surface area contributed by atoms with Gasteiger partial charge in [0.15, 0.2) is 6.61 Å². The number of nitrogens with one attached hydrogen (secondary N) is 1. The Morgan fingerprint density at radius 1 is 1.17 bits per heavy atom. The molecular formula is C20H16ClF3N2O4. The van der Waals surface area contributed by atoms with Gasteiger partial charge in [0.25, 0.3) is 5.91 Å². The molecule has 1 N–H and O–H groups in total. The molecule has 1 aliphatic heterocycles. The normalized spacial score (nSPS) is 16.5. The molecule has 1 heterocycles. The predicted molar refractivity (Wildman–Crippen MR) is 103 cm³/mol. The predicted octanol–water partition coefficient (Wildman–Crippen LogP) is 3.89. The molecule has 1 saturated heterocycles. The molecule has 0 bridgehead atoms. The van der Waals surface area contributed by atoms with Gasteiger partial charge in [-0.1, -0.05) is 17.7 Å². The summed E-state index contributed by atoms with van der Waals surface area (Å²) < 4.78 is 43.1. The molecule has 6 nitrogen and oxygen atoms in total. The maximum Gasteiger partial charge on any atom is 0.416 e. The lowest BCUT2D eigenvalue weighted by Gasteiger charge is -2.16. The van der Waals surface area contributed by atoms with Gasteiger partial charge < -0.3 is 15.0 Å². The Labute approximate surface area is 174 Å². The molecule has 0 spiro atoms. The van der Waals surface area contributed by atoms with Gasteiger partial charge in [-0.25, -0.2) is 0 Å². The highest BCUT2D eigenvalue weighted by Crippen LogP contribution is 2.30. The van der Waals surface area contributed by atoms with Gasteiger partial charge in [0.05, 0.1) is 11.5 Å². The first-order valence-corrected chi connectivity index (χ1v) is 9.21. The van der Waals surface area contributed by atoms with E-state index in [2.05, 4.69) is 5.32 Å². The maximum atomic E-state index is 12.7. The molecule has 0 aromatic heterocycles. The Balaban J connectivity index is 1.52. The number of anilines is 2. The first kappa shape index (κ1) is 21.6. The summed E-state index contributed by atoms with van der Waals surface area (Å²) in [7, 11) is 0. The Morgan fingerprint density at radius 3 is 2.53 bits per heavy atom. The second-order valence-electron chi connectivity index (χ2n) is 6.62. The highest BCUT2D eigenvalue weighted by Gasteiger charge is 2.36. The Bertz CT molecular complexity index is 963. The van der Waals surface area contributed by atoms with Crippen LogP contribution >= 0.6 is 11.6 Å². The maximum absolute atomic E-state index is 12.7. The number of benzene rings is 2. The highest BCUT2D eigenvalue weighted by atomic mass is 35.5. The number of carbonyl (C=O) groups excluding carboxylic acids is 3. The molecule has 2 aromatic carbocycles. The fourth-order valence-corrected chi connectivity index (χ4v) is 3.09. The minimum atomic E-state index is -4.54. The van der Waals surface area contributed by atoms with Gasteiger partial charge >= 0.3 is 12.1 Å². The number of alkyl halides is 3. The first-order valence-electron chi connectivity index (χ1n) is 8.83. The number of halogens is 4. The molecule has 3 rings (SSSR count). The van der Waals surface area contributed by atoms with E-state index in [9.17, 15) is 27.6 Å². The van der Waals surface area contributed by atoms with E-state index in [1.54, 1.807) is 24.3 Å². The molecule has 10 heteroatoms. The van der Waals surface area contributed by atoms with E-state index < -0.39 is 36.1 Å². The monoisotopic (exact) mass is 440 g/mol. The first-order chi connectivity index (χ1) is 14.1. The van der Waals surface area contributed by atoms with E-state index >= 15 is 0 Å². The molecule has 0 saturated carbocycles. The van der Waals surface area contributed by atoms with E-state index in [1.807, 2.05) is 0 Å². The number of amides is 2.